The summed E-state index contributed by atoms with van der Waals surface area (Å²) in [6.45, 7) is 0. The molecule has 166 valence electrons. The molecular weight excluding hydrogens is 520 g/mol. The molecule has 0 bridgehead atoms. The van der Waals surface area contributed by atoms with Gasteiger partial charge in [-0.25, -0.2) is 13.2 Å². The van der Waals surface area contributed by atoms with Crippen LogP contribution in [0.5, 0.6) is 0 Å². The third-order valence-corrected chi connectivity index (χ3v) is 7.30. The molecule has 4 N–H and O–H groups in total. The summed E-state index contributed by atoms with van der Waals surface area (Å²) in [5.41, 5.74) is 4.68. The third kappa shape index (κ3) is 4.34. The number of rotatable bonds is 5. The number of hydrogen-bond donors (Lipinski definition) is 3. The van der Waals surface area contributed by atoms with Gasteiger partial charge in [0, 0.05) is 27.0 Å². The minimum absolute atomic E-state index is 0.0581. The highest BCUT2D eigenvalue weighted by Gasteiger charge is 2.53. The van der Waals surface area contributed by atoms with E-state index in [2.05, 4.69) is 5.32 Å². The van der Waals surface area contributed by atoms with Crippen molar-refractivity contribution in [3.8, 4) is 0 Å². The van der Waals surface area contributed by atoms with Gasteiger partial charge in [-0.2, -0.15) is 0 Å². The zero-order chi connectivity index (χ0) is 22.3. The van der Waals surface area contributed by atoms with E-state index in [-0.39, 0.29) is 36.1 Å². The van der Waals surface area contributed by atoms with Crippen molar-refractivity contribution in [1.29, 1.82) is 0 Å². The van der Waals surface area contributed by atoms with Crippen LogP contribution in [0.1, 0.15) is 48.9 Å². The van der Waals surface area contributed by atoms with Crippen LogP contribution in [0.4, 0.5) is 24.5 Å². The highest BCUT2D eigenvalue weighted by atomic mass is 127. The second-order valence-electron chi connectivity index (χ2n) is 8.66. The monoisotopic (exact) mass is 544 g/mol. The molecule has 2 aliphatic carbocycles. The number of aliphatic hydroxyl groups is 1. The summed E-state index contributed by atoms with van der Waals surface area (Å²) in [4.78, 5) is 13.1. The fourth-order valence-electron chi connectivity index (χ4n) is 4.93. The first-order valence-corrected chi connectivity index (χ1v) is 11.5. The Balaban J connectivity index is 1.57. The standard InChI is InChI=1S/C23H24F3IN2O2/c24-16-7-6-14(21(20(16)26)29-19-8-5-13(27)9-17(19)25)22(30)12-10-23(31,11-12)15-3-1-2-4-18(15)28/h5-9,12,15,18,29,31H,1-4,10-11,28H2. The Labute approximate surface area is 192 Å². The lowest BCUT2D eigenvalue weighted by Gasteiger charge is -2.51. The van der Waals surface area contributed by atoms with Gasteiger partial charge in [0.2, 0.25) is 0 Å². The van der Waals surface area contributed by atoms with Crippen molar-refractivity contribution in [3.63, 3.8) is 0 Å². The molecule has 31 heavy (non-hydrogen) atoms. The van der Waals surface area contributed by atoms with Crippen LogP contribution in [-0.4, -0.2) is 22.5 Å². The van der Waals surface area contributed by atoms with Gasteiger partial charge in [-0.15, -0.1) is 0 Å². The second-order valence-corrected chi connectivity index (χ2v) is 9.91. The van der Waals surface area contributed by atoms with Crippen LogP contribution in [0.15, 0.2) is 30.3 Å². The van der Waals surface area contributed by atoms with Gasteiger partial charge in [0.15, 0.2) is 17.4 Å². The Bertz CT molecular complexity index is 1010. The Kier molecular flexibility index (Phi) is 6.33. The van der Waals surface area contributed by atoms with E-state index in [1.165, 1.54) is 18.2 Å². The summed E-state index contributed by atoms with van der Waals surface area (Å²) in [5, 5.41) is 13.6. The third-order valence-electron chi connectivity index (χ3n) is 6.63. The first-order valence-electron chi connectivity index (χ1n) is 10.4. The quantitative estimate of drug-likeness (QED) is 0.353. The molecule has 0 radical (unpaired) electrons. The molecule has 0 amide bonds. The zero-order valence-corrected chi connectivity index (χ0v) is 19.0. The number of anilines is 2. The number of ketones is 1. The maximum atomic E-state index is 14.6. The fourth-order valence-corrected chi connectivity index (χ4v) is 5.39. The predicted molar refractivity (Wildman–Crippen MR) is 121 cm³/mol. The minimum atomic E-state index is -1.24. The van der Waals surface area contributed by atoms with E-state index in [0.29, 0.717) is 3.57 Å². The van der Waals surface area contributed by atoms with Crippen LogP contribution in [0.3, 0.4) is 0 Å². The molecule has 2 fully saturated rings. The molecular formula is C23H24F3IN2O2. The molecule has 0 aromatic heterocycles. The second kappa shape index (κ2) is 8.71. The number of nitrogens with two attached hydrogens (primary N) is 1. The summed E-state index contributed by atoms with van der Waals surface area (Å²) >= 11 is 1.94. The van der Waals surface area contributed by atoms with Crippen molar-refractivity contribution in [3.05, 3.63) is 56.9 Å². The molecule has 2 atom stereocenters. The molecule has 2 unspecified atom stereocenters. The van der Waals surface area contributed by atoms with Crippen LogP contribution in [-0.2, 0) is 0 Å². The summed E-state index contributed by atoms with van der Waals surface area (Å²) in [6.07, 6.45) is 4.18. The molecule has 8 heteroatoms. The summed E-state index contributed by atoms with van der Waals surface area (Å²) in [6, 6.07) is 6.27. The van der Waals surface area contributed by atoms with Gasteiger partial charge >= 0.3 is 0 Å². The lowest BCUT2D eigenvalue weighted by atomic mass is 9.58. The summed E-state index contributed by atoms with van der Waals surface area (Å²) in [5.74, 6) is -4.00. The fraction of sp³-hybridized carbons (Fsp3) is 0.435. The largest absolute Gasteiger partial charge is 0.389 e. The van der Waals surface area contributed by atoms with Gasteiger partial charge in [0.1, 0.15) is 5.82 Å². The van der Waals surface area contributed by atoms with E-state index in [0.717, 1.165) is 31.7 Å². The van der Waals surface area contributed by atoms with Crippen LogP contribution in [0.25, 0.3) is 0 Å². The average molecular weight is 544 g/mol. The molecule has 0 heterocycles. The Morgan fingerprint density at radius 1 is 1.10 bits per heavy atom. The van der Waals surface area contributed by atoms with E-state index in [4.69, 9.17) is 5.73 Å². The van der Waals surface area contributed by atoms with Crippen LogP contribution in [0.2, 0.25) is 0 Å². The van der Waals surface area contributed by atoms with Gasteiger partial charge in [-0.1, -0.05) is 12.8 Å². The van der Waals surface area contributed by atoms with Crippen molar-refractivity contribution in [2.75, 3.05) is 5.32 Å². The Morgan fingerprint density at radius 2 is 1.81 bits per heavy atom. The minimum Gasteiger partial charge on any atom is -0.389 e. The van der Waals surface area contributed by atoms with Gasteiger partial charge in [-0.3, -0.25) is 4.79 Å². The first-order chi connectivity index (χ1) is 14.7. The average Bonchev–Trinajstić information content (AvgIpc) is 2.71. The molecule has 4 rings (SSSR count). The number of carbonyl (C=O) groups is 1. The van der Waals surface area contributed by atoms with Crippen molar-refractivity contribution < 1.29 is 23.1 Å². The number of carbonyl (C=O) groups excluding carboxylic acids is 1. The molecule has 2 aliphatic rings. The van der Waals surface area contributed by atoms with Gasteiger partial charge in [-0.05, 0) is 78.6 Å². The molecule has 4 nitrogen and oxygen atoms in total. The smallest absolute Gasteiger partial charge is 0.182 e. The number of benzene rings is 2. The first kappa shape index (κ1) is 22.5. The van der Waals surface area contributed by atoms with Gasteiger partial charge in [0.05, 0.1) is 17.0 Å². The molecule has 2 aromatic carbocycles. The summed E-state index contributed by atoms with van der Waals surface area (Å²) in [7, 11) is 0. The van der Waals surface area contributed by atoms with Crippen molar-refractivity contribution in [2.24, 2.45) is 17.6 Å². The zero-order valence-electron chi connectivity index (χ0n) is 16.8. The molecule has 2 saturated carbocycles. The number of halogens is 4. The van der Waals surface area contributed by atoms with Crippen LogP contribution >= 0.6 is 22.6 Å². The van der Waals surface area contributed by atoms with Crippen molar-refractivity contribution in [1.82, 2.24) is 0 Å². The van der Waals surface area contributed by atoms with Crippen molar-refractivity contribution in [2.45, 2.75) is 50.2 Å². The number of Topliss-reactive ketones (excluding diaryl/α,β-unsaturated/α-hetero) is 1. The maximum Gasteiger partial charge on any atom is 0.182 e. The van der Waals surface area contributed by atoms with Crippen LogP contribution in [0, 0.1) is 32.9 Å². The number of nitrogens with one attached hydrogen (secondary N) is 1. The molecule has 0 spiro atoms. The van der Waals surface area contributed by atoms with Crippen molar-refractivity contribution >= 4 is 39.7 Å². The lowest BCUT2D eigenvalue weighted by Crippen LogP contribution is -2.57. The topological polar surface area (TPSA) is 75.3 Å². The highest BCUT2D eigenvalue weighted by Crippen LogP contribution is 2.49. The predicted octanol–water partition coefficient (Wildman–Crippen LogP) is 5.29. The Morgan fingerprint density at radius 3 is 2.48 bits per heavy atom. The normalized spacial score (nSPS) is 28.1. The lowest BCUT2D eigenvalue weighted by molar-refractivity contribution is -0.121. The Hall–Kier alpha value is -1.65. The molecule has 0 aliphatic heterocycles. The van der Waals surface area contributed by atoms with E-state index in [1.807, 2.05) is 22.6 Å². The van der Waals surface area contributed by atoms with Crippen LogP contribution < -0.4 is 11.1 Å². The van der Waals surface area contributed by atoms with E-state index < -0.39 is 40.4 Å². The van der Waals surface area contributed by atoms with E-state index in [9.17, 15) is 23.1 Å². The van der Waals surface area contributed by atoms with Gasteiger partial charge in [0.25, 0.3) is 0 Å². The molecule has 0 saturated heterocycles. The number of hydrogen-bond acceptors (Lipinski definition) is 4. The summed E-state index contributed by atoms with van der Waals surface area (Å²) < 4.78 is 43.5. The van der Waals surface area contributed by atoms with E-state index >= 15 is 0 Å². The van der Waals surface area contributed by atoms with Gasteiger partial charge < -0.3 is 16.2 Å². The van der Waals surface area contributed by atoms with E-state index in [1.54, 1.807) is 6.07 Å². The SMILES string of the molecule is NC1CCCCC1C1(O)CC(C(=O)c2ccc(F)c(F)c2Nc2ccc(I)cc2F)C1. The highest BCUT2D eigenvalue weighted by molar-refractivity contribution is 14.1. The maximum absolute atomic E-state index is 14.6. The molecule has 2 aromatic rings.